The van der Waals surface area contributed by atoms with Gasteiger partial charge in [0.2, 0.25) is 10.0 Å². The van der Waals surface area contributed by atoms with Crippen LogP contribution in [-0.2, 0) is 16.4 Å². The van der Waals surface area contributed by atoms with Crippen LogP contribution in [0.3, 0.4) is 0 Å². The molecule has 1 aromatic rings. The van der Waals surface area contributed by atoms with Gasteiger partial charge in [-0.1, -0.05) is 18.2 Å². The molecule has 0 atom stereocenters. The fourth-order valence-corrected chi connectivity index (χ4v) is 1.99. The van der Waals surface area contributed by atoms with Crippen LogP contribution < -0.4 is 10.0 Å². The molecule has 5 heteroatoms. The van der Waals surface area contributed by atoms with Gasteiger partial charge in [-0.25, -0.2) is 13.6 Å². The fourth-order valence-electron chi connectivity index (χ4n) is 1.68. The van der Waals surface area contributed by atoms with Crippen molar-refractivity contribution in [3.63, 3.8) is 0 Å². The Balaban J connectivity index is 2.25. The first-order valence-electron chi connectivity index (χ1n) is 4.62. The summed E-state index contributed by atoms with van der Waals surface area (Å²) in [5.41, 5.74) is 2.29. The Morgan fingerprint density at radius 3 is 2.80 bits per heavy atom. The summed E-state index contributed by atoms with van der Waals surface area (Å²) in [6, 6.07) is 7.92. The highest BCUT2D eigenvalue weighted by molar-refractivity contribution is 7.92. The van der Waals surface area contributed by atoms with E-state index in [1.807, 2.05) is 29.2 Å². The van der Waals surface area contributed by atoms with E-state index in [1.54, 1.807) is 0 Å². The Morgan fingerprint density at radius 1 is 1.33 bits per heavy atom. The van der Waals surface area contributed by atoms with Gasteiger partial charge in [-0.3, -0.25) is 0 Å². The average Bonchev–Trinajstić information content (AvgIpc) is 2.57. The molecule has 15 heavy (non-hydrogen) atoms. The molecule has 0 radical (unpaired) electrons. The van der Waals surface area contributed by atoms with E-state index < -0.39 is 10.0 Å². The summed E-state index contributed by atoms with van der Waals surface area (Å²) in [5.74, 6) is 0. The maximum atomic E-state index is 10.8. The van der Waals surface area contributed by atoms with E-state index in [2.05, 4.69) is 0 Å². The molecule has 1 aliphatic heterocycles. The van der Waals surface area contributed by atoms with Crippen molar-refractivity contribution in [2.45, 2.75) is 6.42 Å². The molecule has 2 N–H and O–H groups in total. The molecular weight excluding hydrogens is 212 g/mol. The lowest BCUT2D eigenvalue weighted by Crippen LogP contribution is -2.15. The first-order valence-corrected chi connectivity index (χ1v) is 6.23. The van der Waals surface area contributed by atoms with Crippen LogP contribution in [0.2, 0.25) is 0 Å². The van der Waals surface area contributed by atoms with Crippen molar-refractivity contribution < 1.29 is 8.42 Å². The van der Waals surface area contributed by atoms with Crippen LogP contribution in [-0.4, -0.2) is 15.0 Å². The van der Waals surface area contributed by atoms with Gasteiger partial charge >= 0.3 is 0 Å². The van der Waals surface area contributed by atoms with E-state index in [-0.39, 0.29) is 0 Å². The second-order valence-corrected chi connectivity index (χ2v) is 4.90. The number of para-hydroxylation sites is 1. The van der Waals surface area contributed by atoms with Gasteiger partial charge in [-0.2, -0.15) is 0 Å². The monoisotopic (exact) mass is 224 g/mol. The molecule has 0 saturated carbocycles. The lowest BCUT2D eigenvalue weighted by molar-refractivity contribution is 0.606. The van der Waals surface area contributed by atoms with Crippen LogP contribution in [0.5, 0.6) is 0 Å². The van der Waals surface area contributed by atoms with Crippen LogP contribution in [0.4, 0.5) is 5.69 Å². The maximum Gasteiger partial charge on any atom is 0.232 e. The largest absolute Gasteiger partial charge is 0.347 e. The van der Waals surface area contributed by atoms with E-state index in [0.29, 0.717) is 0 Å². The molecule has 0 saturated heterocycles. The van der Waals surface area contributed by atoms with Gasteiger partial charge < -0.3 is 4.90 Å². The normalized spacial score (nSPS) is 15.9. The number of hydrogen-bond donors (Lipinski definition) is 1. The number of primary sulfonamides is 1. The fraction of sp³-hybridized carbons (Fsp3) is 0.200. The molecule has 1 aromatic carbocycles. The zero-order chi connectivity index (χ0) is 10.9. The van der Waals surface area contributed by atoms with E-state index in [1.165, 1.54) is 11.8 Å². The van der Waals surface area contributed by atoms with Crippen molar-refractivity contribution in [2.75, 3.05) is 11.4 Å². The average molecular weight is 224 g/mol. The van der Waals surface area contributed by atoms with Crippen LogP contribution in [0.25, 0.3) is 0 Å². The van der Waals surface area contributed by atoms with Crippen molar-refractivity contribution in [3.05, 3.63) is 41.4 Å². The first kappa shape index (κ1) is 10.2. The highest BCUT2D eigenvalue weighted by Gasteiger charge is 2.15. The van der Waals surface area contributed by atoms with Gasteiger partial charge in [0, 0.05) is 18.4 Å². The SMILES string of the molecule is NS(=O)(=O)C=CN1CCc2ccccc21. The second kappa shape index (κ2) is 3.67. The van der Waals surface area contributed by atoms with Gasteiger partial charge in [0.1, 0.15) is 0 Å². The van der Waals surface area contributed by atoms with Crippen molar-refractivity contribution in [1.82, 2.24) is 0 Å². The van der Waals surface area contributed by atoms with Crippen molar-refractivity contribution >= 4 is 15.7 Å². The number of anilines is 1. The molecule has 80 valence electrons. The molecule has 0 aliphatic carbocycles. The number of nitrogens with two attached hydrogens (primary N) is 1. The van der Waals surface area contributed by atoms with Crippen LogP contribution >= 0.6 is 0 Å². The highest BCUT2D eigenvalue weighted by Crippen LogP contribution is 2.27. The molecule has 0 spiro atoms. The summed E-state index contributed by atoms with van der Waals surface area (Å²) >= 11 is 0. The predicted molar refractivity (Wildman–Crippen MR) is 59.7 cm³/mol. The number of benzene rings is 1. The molecule has 1 aliphatic rings. The van der Waals surface area contributed by atoms with Gasteiger partial charge in [0.05, 0.1) is 5.41 Å². The van der Waals surface area contributed by atoms with Gasteiger partial charge in [-0.15, -0.1) is 0 Å². The second-order valence-electron chi connectivity index (χ2n) is 3.45. The zero-order valence-electron chi connectivity index (χ0n) is 8.13. The minimum absolute atomic E-state index is 0.797. The van der Waals surface area contributed by atoms with Gasteiger partial charge in [0.15, 0.2) is 0 Å². The summed E-state index contributed by atoms with van der Waals surface area (Å²) < 4.78 is 21.5. The van der Waals surface area contributed by atoms with Crippen LogP contribution in [0, 0.1) is 0 Å². The minimum Gasteiger partial charge on any atom is -0.347 e. The lowest BCUT2D eigenvalue weighted by Gasteiger charge is -2.12. The van der Waals surface area contributed by atoms with Gasteiger partial charge in [0.25, 0.3) is 0 Å². The predicted octanol–water partition coefficient (Wildman–Crippen LogP) is 0.809. The zero-order valence-corrected chi connectivity index (χ0v) is 8.94. The van der Waals surface area contributed by atoms with Crippen LogP contribution in [0.15, 0.2) is 35.9 Å². The molecule has 4 nitrogen and oxygen atoms in total. The van der Waals surface area contributed by atoms with E-state index in [9.17, 15) is 8.42 Å². The third-order valence-electron chi connectivity index (χ3n) is 2.35. The minimum atomic E-state index is -3.54. The third-order valence-corrected chi connectivity index (χ3v) is 2.85. The topological polar surface area (TPSA) is 63.4 Å². The summed E-state index contributed by atoms with van der Waals surface area (Å²) in [7, 11) is -3.54. The molecule has 0 unspecified atom stereocenters. The summed E-state index contributed by atoms with van der Waals surface area (Å²) in [5, 5.41) is 5.92. The van der Waals surface area contributed by atoms with E-state index >= 15 is 0 Å². The van der Waals surface area contributed by atoms with E-state index in [0.717, 1.165) is 24.1 Å². The number of sulfonamides is 1. The van der Waals surface area contributed by atoms with Gasteiger partial charge in [-0.05, 0) is 18.1 Å². The Bertz CT molecular complexity index is 494. The molecule has 0 amide bonds. The number of fused-ring (bicyclic) bond motifs is 1. The third kappa shape index (κ3) is 2.37. The number of nitrogens with zero attached hydrogens (tertiary/aromatic N) is 1. The van der Waals surface area contributed by atoms with Crippen molar-refractivity contribution in [3.8, 4) is 0 Å². The van der Waals surface area contributed by atoms with Crippen LogP contribution in [0.1, 0.15) is 5.56 Å². The van der Waals surface area contributed by atoms with E-state index in [4.69, 9.17) is 5.14 Å². The first-order chi connectivity index (χ1) is 7.06. The Morgan fingerprint density at radius 2 is 2.07 bits per heavy atom. The molecule has 0 aromatic heterocycles. The highest BCUT2D eigenvalue weighted by atomic mass is 32.2. The Hall–Kier alpha value is -1.33. The molecular formula is C10H12N2O2S. The maximum absolute atomic E-state index is 10.8. The molecule has 0 fully saturated rings. The van der Waals surface area contributed by atoms with Crippen molar-refractivity contribution in [2.24, 2.45) is 5.14 Å². The number of rotatable bonds is 2. The Kier molecular flexibility index (Phi) is 2.50. The van der Waals surface area contributed by atoms with Crippen molar-refractivity contribution in [1.29, 1.82) is 0 Å². The smallest absolute Gasteiger partial charge is 0.232 e. The molecule has 2 rings (SSSR count). The summed E-state index contributed by atoms with van der Waals surface area (Å²) in [6.45, 7) is 0.797. The Labute approximate surface area is 89.1 Å². The summed E-state index contributed by atoms with van der Waals surface area (Å²) in [6.07, 6.45) is 2.45. The standard InChI is InChI=1S/C10H12N2O2S/c11-15(13,14)8-7-12-6-5-9-3-1-2-4-10(9)12/h1-4,7-8H,5-6H2,(H2,11,13,14). The quantitative estimate of drug-likeness (QED) is 0.808. The summed E-state index contributed by atoms with van der Waals surface area (Å²) in [4.78, 5) is 1.89. The molecule has 0 bridgehead atoms. The lowest BCUT2D eigenvalue weighted by atomic mass is 10.2. The number of hydrogen-bond acceptors (Lipinski definition) is 3. The molecule has 1 heterocycles.